The summed E-state index contributed by atoms with van der Waals surface area (Å²) < 4.78 is 4.88. The van der Waals surface area contributed by atoms with Gasteiger partial charge >= 0.3 is 11.9 Å². The van der Waals surface area contributed by atoms with Gasteiger partial charge in [-0.3, -0.25) is 9.59 Å². The molecule has 8 nitrogen and oxygen atoms in total. The summed E-state index contributed by atoms with van der Waals surface area (Å²) in [7, 11) is 1.34. The van der Waals surface area contributed by atoms with E-state index in [1.54, 1.807) is 0 Å². The molecule has 1 amide bonds. The summed E-state index contributed by atoms with van der Waals surface area (Å²) in [6, 6.07) is 26.3. The van der Waals surface area contributed by atoms with E-state index in [0.717, 1.165) is 51.8 Å². The Kier molecular flexibility index (Phi) is 19.2. The number of carboxylic acid groups (broad SMARTS) is 1. The van der Waals surface area contributed by atoms with Gasteiger partial charge in [-0.05, 0) is 87.3 Å². The van der Waals surface area contributed by atoms with Gasteiger partial charge in [0.15, 0.2) is 0 Å². The molecule has 0 heterocycles. The Balaban J connectivity index is 0.000000421. The topological polar surface area (TPSA) is 136 Å². The number of nitrogens with one attached hydrogen (secondary N) is 1. The number of methoxy groups -OCH3 is 1. The number of Topliss-reactive ketones (excluding diaryl/α,β-unsaturated/α-hetero) is 1. The van der Waals surface area contributed by atoms with Crippen molar-refractivity contribution in [1.29, 1.82) is 0 Å². The zero-order valence-corrected chi connectivity index (χ0v) is 31.9. The molecule has 9 heteroatoms. The van der Waals surface area contributed by atoms with E-state index in [1.165, 1.54) is 19.6 Å². The van der Waals surface area contributed by atoms with Crippen molar-refractivity contribution in [3.05, 3.63) is 141 Å². The smallest absolute Gasteiger partial charge is 0.336 e. The van der Waals surface area contributed by atoms with Crippen molar-refractivity contribution < 1.29 is 29.0 Å². The number of carbonyl (C=O) groups is 4. The van der Waals surface area contributed by atoms with Gasteiger partial charge in [-0.2, -0.15) is 0 Å². The van der Waals surface area contributed by atoms with Crippen LogP contribution >= 0.6 is 12.4 Å². The molecule has 274 valence electrons. The Morgan fingerprint density at radius 1 is 0.706 bits per heavy atom. The van der Waals surface area contributed by atoms with E-state index in [9.17, 15) is 19.2 Å². The third-order valence-corrected chi connectivity index (χ3v) is 8.37. The average molecular weight is 717 g/mol. The minimum atomic E-state index is -0.829. The molecule has 4 aromatic carbocycles. The molecule has 2 unspecified atom stereocenters. The van der Waals surface area contributed by atoms with Crippen molar-refractivity contribution in [2.75, 3.05) is 7.11 Å². The predicted molar refractivity (Wildman–Crippen MR) is 207 cm³/mol. The van der Waals surface area contributed by atoms with Gasteiger partial charge in [0.2, 0.25) is 0 Å². The molecule has 4 aromatic rings. The molecule has 0 fully saturated rings. The summed E-state index contributed by atoms with van der Waals surface area (Å²) in [4.78, 5) is 46.6. The second kappa shape index (κ2) is 22.1. The monoisotopic (exact) mass is 716 g/mol. The molecule has 0 aliphatic rings. The maximum atomic E-state index is 12.8. The third kappa shape index (κ3) is 14.2. The van der Waals surface area contributed by atoms with E-state index < -0.39 is 18.0 Å². The number of aromatic carboxylic acids is 1. The second-order valence-electron chi connectivity index (χ2n) is 12.4. The van der Waals surface area contributed by atoms with Crippen LogP contribution in [0.5, 0.6) is 0 Å². The first-order valence-corrected chi connectivity index (χ1v) is 16.9. The first-order valence-electron chi connectivity index (χ1n) is 16.9. The predicted octanol–water partition coefficient (Wildman–Crippen LogP) is 7.51. The Bertz CT molecular complexity index is 1740. The average Bonchev–Trinajstić information content (AvgIpc) is 3.09. The van der Waals surface area contributed by atoms with Crippen LogP contribution in [0.4, 0.5) is 0 Å². The van der Waals surface area contributed by atoms with E-state index in [2.05, 4.69) is 5.32 Å². The Morgan fingerprint density at radius 3 is 1.53 bits per heavy atom. The fourth-order valence-corrected chi connectivity index (χ4v) is 5.32. The molecule has 4 rings (SSSR count). The van der Waals surface area contributed by atoms with Crippen LogP contribution < -0.4 is 11.1 Å². The number of esters is 1. The summed E-state index contributed by atoms with van der Waals surface area (Å²) >= 11 is 0. The molecule has 0 bridgehead atoms. The van der Waals surface area contributed by atoms with Gasteiger partial charge in [0.05, 0.1) is 18.7 Å². The van der Waals surface area contributed by atoms with Gasteiger partial charge in [0.25, 0.3) is 5.91 Å². The molecule has 0 aromatic heterocycles. The van der Waals surface area contributed by atoms with Gasteiger partial charge in [0, 0.05) is 12.0 Å². The van der Waals surface area contributed by atoms with Crippen molar-refractivity contribution in [3.63, 3.8) is 0 Å². The van der Waals surface area contributed by atoms with Crippen molar-refractivity contribution in [3.8, 4) is 0 Å². The summed E-state index contributed by atoms with van der Waals surface area (Å²) in [5.74, 6) is -1.47. The Morgan fingerprint density at radius 2 is 1.14 bits per heavy atom. The van der Waals surface area contributed by atoms with Crippen molar-refractivity contribution >= 4 is 36.0 Å². The highest BCUT2D eigenvalue weighted by Gasteiger charge is 2.24. The second-order valence-corrected chi connectivity index (χ2v) is 12.4. The maximum Gasteiger partial charge on any atom is 0.336 e. The molecule has 0 spiro atoms. The molecular weight excluding hydrogens is 664 g/mol. The number of halogens is 1. The number of carboxylic acids is 1. The lowest BCUT2D eigenvalue weighted by atomic mass is 9.98. The molecule has 0 saturated carbocycles. The number of ketones is 1. The number of hydrogen-bond acceptors (Lipinski definition) is 6. The minimum absolute atomic E-state index is 0. The van der Waals surface area contributed by atoms with Crippen LogP contribution in [0, 0.1) is 27.7 Å². The normalized spacial score (nSPS) is 11.2. The zero-order chi connectivity index (χ0) is 37.4. The molecule has 0 saturated heterocycles. The van der Waals surface area contributed by atoms with Gasteiger partial charge in [-0.15, -0.1) is 12.4 Å². The van der Waals surface area contributed by atoms with E-state index in [4.69, 9.17) is 15.6 Å². The summed E-state index contributed by atoms with van der Waals surface area (Å²) in [6.45, 7) is 13.3. The van der Waals surface area contributed by atoms with Crippen molar-refractivity contribution in [1.82, 2.24) is 5.32 Å². The highest BCUT2D eigenvalue weighted by molar-refractivity contribution is 5.99. The summed E-state index contributed by atoms with van der Waals surface area (Å²) in [5, 5.41) is 11.7. The quantitative estimate of drug-likeness (QED) is 0.137. The van der Waals surface area contributed by atoms with Gasteiger partial charge in [0.1, 0.15) is 11.8 Å². The Labute approximate surface area is 309 Å². The molecule has 0 radical (unpaired) electrons. The molecular formula is C42H53ClN2O6. The van der Waals surface area contributed by atoms with Crippen LogP contribution in [-0.2, 0) is 40.0 Å². The number of amides is 1. The number of benzene rings is 4. The molecule has 2 atom stereocenters. The highest BCUT2D eigenvalue weighted by atomic mass is 35.5. The lowest BCUT2D eigenvalue weighted by molar-refractivity contribution is -0.142. The summed E-state index contributed by atoms with van der Waals surface area (Å²) in [5.41, 5.74) is 14.8. The van der Waals surface area contributed by atoms with E-state index in [1.807, 2.05) is 126 Å². The largest absolute Gasteiger partial charge is 0.478 e. The molecule has 0 aliphatic heterocycles. The number of carbonyl (C=O) groups excluding carboxylic acids is 3. The number of ether oxygens (including phenoxy) is 1. The highest BCUT2D eigenvalue weighted by Crippen LogP contribution is 2.17. The fraction of sp³-hybridized carbons (Fsp3) is 0.333. The number of aryl methyl sites for hydroxylation is 6. The van der Waals surface area contributed by atoms with Crippen LogP contribution in [0.25, 0.3) is 0 Å². The van der Waals surface area contributed by atoms with Crippen molar-refractivity contribution in [2.45, 2.75) is 86.2 Å². The maximum absolute atomic E-state index is 12.8. The van der Waals surface area contributed by atoms with Crippen molar-refractivity contribution in [2.24, 2.45) is 5.73 Å². The van der Waals surface area contributed by atoms with Crippen LogP contribution in [0.15, 0.2) is 84.9 Å². The van der Waals surface area contributed by atoms with Crippen LogP contribution in [0.2, 0.25) is 0 Å². The lowest BCUT2D eigenvalue weighted by Crippen LogP contribution is -2.43. The standard InChI is InChI=1S/C21H25NO3.C11H15NO.C10H12O2.ClH/c1-5-17-8-6-7-15(3)19(17)20(23)22-18(21(24)25-4)13-16-11-9-14(2)10-12-16;1-8-3-5-10(6-4-8)7-11(12)9(2)13;1-3-8-6-4-5-7(2)9(8)10(11)12;/h6-12,18H,5,13H2,1-4H3,(H,22,23);3-6,11H,7,12H2,1-2H3;4-6H,3H2,1-2H3,(H,11,12);1H. The van der Waals surface area contributed by atoms with Crippen LogP contribution in [0.1, 0.15) is 86.0 Å². The van der Waals surface area contributed by atoms with Gasteiger partial charge in [-0.1, -0.05) is 110 Å². The van der Waals surface area contributed by atoms with Gasteiger partial charge in [-0.25, -0.2) is 9.59 Å². The lowest BCUT2D eigenvalue weighted by Gasteiger charge is -2.19. The first-order chi connectivity index (χ1) is 23.7. The van der Waals surface area contributed by atoms with Crippen LogP contribution in [0.3, 0.4) is 0 Å². The molecule has 51 heavy (non-hydrogen) atoms. The van der Waals surface area contributed by atoms with E-state index in [-0.39, 0.29) is 30.1 Å². The van der Waals surface area contributed by atoms with E-state index >= 15 is 0 Å². The van der Waals surface area contributed by atoms with Crippen LogP contribution in [-0.4, -0.2) is 47.9 Å². The Hall–Kier alpha value is -4.79. The number of nitrogens with two attached hydrogens (primary N) is 1. The molecule has 0 aliphatic carbocycles. The number of rotatable bonds is 11. The first kappa shape index (κ1) is 44.2. The SMILES string of the molecule is CC(=O)C(N)Cc1ccc(C)cc1.CCc1cccc(C)c1C(=O)NC(Cc1ccc(C)cc1)C(=O)OC.CCc1cccc(C)c1C(=O)O.Cl. The van der Waals surface area contributed by atoms with E-state index in [0.29, 0.717) is 24.0 Å². The number of hydrogen-bond donors (Lipinski definition) is 3. The molecule has 4 N–H and O–H groups in total. The fourth-order valence-electron chi connectivity index (χ4n) is 5.32. The van der Waals surface area contributed by atoms with Gasteiger partial charge < -0.3 is 20.9 Å². The summed E-state index contributed by atoms with van der Waals surface area (Å²) in [6.07, 6.45) is 2.55. The minimum Gasteiger partial charge on any atom is -0.478 e. The third-order valence-electron chi connectivity index (χ3n) is 8.37. The zero-order valence-electron chi connectivity index (χ0n) is 31.0.